The smallest absolute Gasteiger partial charge is 0.416 e. The second-order valence-electron chi connectivity index (χ2n) is 9.35. The maximum Gasteiger partial charge on any atom is 0.416 e. The number of nitrogens with zero attached hydrogens (tertiary/aromatic N) is 6. The molecule has 0 saturated carbocycles. The molecule has 1 unspecified atom stereocenters. The molecule has 0 amide bonds. The predicted octanol–water partition coefficient (Wildman–Crippen LogP) is 6.08. The number of piperazine rings is 1. The van der Waals surface area contributed by atoms with Crippen LogP contribution in [0.1, 0.15) is 12.5 Å². The summed E-state index contributed by atoms with van der Waals surface area (Å²) < 4.78 is 50.1. The fraction of sp³-hybridized carbons (Fsp3) is 0.286. The molecule has 3 heterocycles. The van der Waals surface area contributed by atoms with Gasteiger partial charge in [-0.1, -0.05) is 11.6 Å². The molecule has 1 N–H and O–H groups in total. The van der Waals surface area contributed by atoms with E-state index in [4.69, 9.17) is 26.1 Å². The number of benzene rings is 2. The summed E-state index contributed by atoms with van der Waals surface area (Å²) in [6, 6.07) is 13.5. The fourth-order valence-corrected chi connectivity index (χ4v) is 4.82. The molecule has 13 heteroatoms. The number of rotatable bonds is 7. The van der Waals surface area contributed by atoms with E-state index in [1.165, 1.54) is 19.2 Å². The van der Waals surface area contributed by atoms with Crippen molar-refractivity contribution < 1.29 is 22.6 Å². The van der Waals surface area contributed by atoms with Crippen molar-refractivity contribution >= 4 is 35.0 Å². The number of hydrogen-bond donors (Lipinski definition) is 1. The normalized spacial score (nSPS) is 15.5. The molecular weight excluding hydrogens is 559 g/mol. The van der Waals surface area contributed by atoms with E-state index >= 15 is 0 Å². The van der Waals surface area contributed by atoms with Gasteiger partial charge >= 0.3 is 6.18 Å². The lowest BCUT2D eigenvalue weighted by atomic mass is 10.1. The predicted molar refractivity (Wildman–Crippen MR) is 151 cm³/mol. The third-order valence-electron chi connectivity index (χ3n) is 6.66. The van der Waals surface area contributed by atoms with Gasteiger partial charge in [-0.2, -0.15) is 28.1 Å². The van der Waals surface area contributed by atoms with Crippen LogP contribution in [-0.4, -0.2) is 59.8 Å². The number of nitrogens with one attached hydrogen (secondary N) is 1. The van der Waals surface area contributed by atoms with Gasteiger partial charge in [0.25, 0.3) is 0 Å². The van der Waals surface area contributed by atoms with E-state index in [1.807, 2.05) is 11.8 Å². The molecular formula is C28H27ClF3N7O2. The lowest BCUT2D eigenvalue weighted by Crippen LogP contribution is -2.53. The summed E-state index contributed by atoms with van der Waals surface area (Å²) in [6.45, 7) is 3.85. The Kier molecular flexibility index (Phi) is 8.02. The molecule has 0 radical (unpaired) electrons. The highest BCUT2D eigenvalue weighted by Crippen LogP contribution is 2.34. The molecule has 5 rings (SSSR count). The molecule has 9 nitrogen and oxygen atoms in total. The average Bonchev–Trinajstić information content (AvgIpc) is 2.96. The van der Waals surface area contributed by atoms with Gasteiger partial charge in [0, 0.05) is 43.6 Å². The van der Waals surface area contributed by atoms with Crippen LogP contribution in [0.2, 0.25) is 5.02 Å². The molecule has 0 spiro atoms. The summed E-state index contributed by atoms with van der Waals surface area (Å²) in [4.78, 5) is 22.6. The first kappa shape index (κ1) is 28.2. The SMILES string of the molecule is COc1ccc(-c2nc(Nc3ccc(C(F)(F)F)cc3)nc(N3CCN(c4ncccc4Cl)CC3C)n2)c(OC)c1. The summed E-state index contributed by atoms with van der Waals surface area (Å²) in [5.41, 5.74) is 0.243. The van der Waals surface area contributed by atoms with Gasteiger partial charge in [0.15, 0.2) is 5.82 Å². The van der Waals surface area contributed by atoms with Crippen molar-refractivity contribution in [1.29, 1.82) is 0 Å². The number of anilines is 4. The zero-order valence-corrected chi connectivity index (χ0v) is 23.2. The van der Waals surface area contributed by atoms with E-state index in [1.54, 1.807) is 43.6 Å². The number of methoxy groups -OCH3 is 2. The van der Waals surface area contributed by atoms with E-state index in [2.05, 4.69) is 25.2 Å². The maximum absolute atomic E-state index is 13.1. The summed E-state index contributed by atoms with van der Waals surface area (Å²) in [5, 5.41) is 3.60. The first-order valence-electron chi connectivity index (χ1n) is 12.7. The zero-order chi connectivity index (χ0) is 29.1. The number of halogens is 4. The van der Waals surface area contributed by atoms with Gasteiger partial charge in [-0.15, -0.1) is 0 Å². The van der Waals surface area contributed by atoms with Crippen LogP contribution in [0.3, 0.4) is 0 Å². The lowest BCUT2D eigenvalue weighted by Gasteiger charge is -2.40. The van der Waals surface area contributed by atoms with Gasteiger partial charge in [0.05, 0.1) is 30.4 Å². The Morgan fingerprint density at radius 3 is 2.41 bits per heavy atom. The molecule has 4 aromatic rings. The number of ether oxygens (including phenoxy) is 2. The van der Waals surface area contributed by atoms with Gasteiger partial charge in [0.2, 0.25) is 11.9 Å². The molecule has 1 atom stereocenters. The van der Waals surface area contributed by atoms with Gasteiger partial charge in [-0.3, -0.25) is 0 Å². The van der Waals surface area contributed by atoms with Crippen molar-refractivity contribution in [2.45, 2.75) is 19.1 Å². The molecule has 2 aromatic carbocycles. The largest absolute Gasteiger partial charge is 0.497 e. The minimum absolute atomic E-state index is 0.0336. The molecule has 0 bridgehead atoms. The quantitative estimate of drug-likeness (QED) is 0.277. The van der Waals surface area contributed by atoms with Gasteiger partial charge < -0.3 is 24.6 Å². The third-order valence-corrected chi connectivity index (χ3v) is 6.96. The maximum atomic E-state index is 13.1. The Morgan fingerprint density at radius 1 is 0.976 bits per heavy atom. The van der Waals surface area contributed by atoms with Crippen LogP contribution in [0.15, 0.2) is 60.8 Å². The third kappa shape index (κ3) is 6.22. The molecule has 41 heavy (non-hydrogen) atoms. The second-order valence-corrected chi connectivity index (χ2v) is 9.75. The van der Waals surface area contributed by atoms with Crippen molar-refractivity contribution in [1.82, 2.24) is 19.9 Å². The van der Waals surface area contributed by atoms with Gasteiger partial charge in [0.1, 0.15) is 17.3 Å². The summed E-state index contributed by atoms with van der Waals surface area (Å²) in [5.74, 6) is 2.70. The molecule has 214 valence electrons. The van der Waals surface area contributed by atoms with Gasteiger partial charge in [-0.25, -0.2) is 4.98 Å². The van der Waals surface area contributed by atoms with Gasteiger partial charge in [-0.05, 0) is 55.5 Å². The molecule has 1 aliphatic heterocycles. The minimum atomic E-state index is -4.44. The van der Waals surface area contributed by atoms with E-state index < -0.39 is 11.7 Å². The van der Waals surface area contributed by atoms with E-state index in [0.29, 0.717) is 65.0 Å². The minimum Gasteiger partial charge on any atom is -0.497 e. The van der Waals surface area contributed by atoms with Crippen molar-refractivity contribution in [3.8, 4) is 22.9 Å². The van der Waals surface area contributed by atoms with Crippen LogP contribution in [0.5, 0.6) is 11.5 Å². The first-order valence-corrected chi connectivity index (χ1v) is 13.1. The summed E-state index contributed by atoms with van der Waals surface area (Å²) in [7, 11) is 3.09. The standard InChI is InChI=1S/C28H27ClF3N7O2/c1-17-16-38(25-22(29)5-4-12-33-25)13-14-39(17)27-36-24(21-11-10-20(40-2)15-23(21)41-3)35-26(37-27)34-19-8-6-18(7-9-19)28(30,31)32/h4-12,15,17H,13-14,16H2,1-3H3,(H,34,35,36,37). The fourth-order valence-electron chi connectivity index (χ4n) is 4.58. The molecule has 1 fully saturated rings. The van der Waals surface area contributed by atoms with E-state index in [0.717, 1.165) is 12.1 Å². The zero-order valence-electron chi connectivity index (χ0n) is 22.5. The van der Waals surface area contributed by atoms with Crippen molar-refractivity contribution in [2.75, 3.05) is 49.0 Å². The number of alkyl halides is 3. The Hall–Kier alpha value is -4.32. The van der Waals surface area contributed by atoms with Crippen LogP contribution in [0.25, 0.3) is 11.4 Å². The van der Waals surface area contributed by atoms with Crippen LogP contribution < -0.4 is 24.6 Å². The second kappa shape index (κ2) is 11.7. The van der Waals surface area contributed by atoms with Crippen molar-refractivity contribution in [3.05, 3.63) is 71.4 Å². The highest BCUT2D eigenvalue weighted by molar-refractivity contribution is 6.32. The van der Waals surface area contributed by atoms with Crippen molar-refractivity contribution in [2.24, 2.45) is 0 Å². The lowest BCUT2D eigenvalue weighted by molar-refractivity contribution is -0.137. The molecule has 1 saturated heterocycles. The number of hydrogen-bond acceptors (Lipinski definition) is 9. The Labute approximate surface area is 239 Å². The van der Waals surface area contributed by atoms with E-state index in [9.17, 15) is 13.2 Å². The molecule has 2 aromatic heterocycles. The highest BCUT2D eigenvalue weighted by Gasteiger charge is 2.31. The Bertz CT molecular complexity index is 1520. The Morgan fingerprint density at radius 2 is 1.76 bits per heavy atom. The monoisotopic (exact) mass is 585 g/mol. The summed E-state index contributed by atoms with van der Waals surface area (Å²) >= 11 is 6.39. The Balaban J connectivity index is 1.50. The van der Waals surface area contributed by atoms with Crippen LogP contribution in [0.4, 0.5) is 36.6 Å². The van der Waals surface area contributed by atoms with Crippen molar-refractivity contribution in [3.63, 3.8) is 0 Å². The van der Waals surface area contributed by atoms with Crippen LogP contribution >= 0.6 is 11.6 Å². The highest BCUT2D eigenvalue weighted by atomic mass is 35.5. The topological polar surface area (TPSA) is 88.5 Å². The average molecular weight is 586 g/mol. The molecule has 1 aliphatic rings. The first-order chi connectivity index (χ1) is 19.7. The van der Waals surface area contributed by atoms with Crippen LogP contribution in [0, 0.1) is 0 Å². The number of pyridine rings is 1. The number of aromatic nitrogens is 4. The summed E-state index contributed by atoms with van der Waals surface area (Å²) in [6.07, 6.45) is -2.73. The van der Waals surface area contributed by atoms with E-state index in [-0.39, 0.29) is 12.0 Å². The molecule has 0 aliphatic carbocycles. The van der Waals surface area contributed by atoms with Crippen LogP contribution in [-0.2, 0) is 6.18 Å².